The Kier molecular flexibility index (Phi) is 4.36. The van der Waals surface area contributed by atoms with Crippen molar-refractivity contribution >= 4 is 27.5 Å². The van der Waals surface area contributed by atoms with Gasteiger partial charge in [-0.2, -0.15) is 5.10 Å². The second kappa shape index (κ2) is 6.41. The molecule has 5 nitrogen and oxygen atoms in total. The van der Waals surface area contributed by atoms with E-state index >= 15 is 0 Å². The van der Waals surface area contributed by atoms with Crippen molar-refractivity contribution in [2.24, 2.45) is 0 Å². The molecule has 1 aromatic heterocycles. The van der Waals surface area contributed by atoms with Gasteiger partial charge in [0, 0.05) is 22.9 Å². The molecule has 1 aliphatic heterocycles. The van der Waals surface area contributed by atoms with Crippen LogP contribution in [0.1, 0.15) is 29.4 Å². The molecular weight excluding hydrogens is 332 g/mol. The summed E-state index contributed by atoms with van der Waals surface area (Å²) < 4.78 is 2.82. The fraction of sp³-hybridized carbons (Fsp3) is 0.333. The third-order valence-corrected chi connectivity index (χ3v) is 4.06. The number of amides is 1. The highest BCUT2D eigenvalue weighted by molar-refractivity contribution is 9.10. The lowest BCUT2D eigenvalue weighted by Crippen LogP contribution is -2.32. The summed E-state index contributed by atoms with van der Waals surface area (Å²) in [5.41, 5.74) is 1.20. The molecule has 1 amide bonds. The summed E-state index contributed by atoms with van der Waals surface area (Å²) in [4.78, 5) is 12.2. The van der Waals surface area contributed by atoms with Gasteiger partial charge in [-0.25, -0.2) is 0 Å². The largest absolute Gasteiger partial charge is 0.321 e. The first-order valence-corrected chi connectivity index (χ1v) is 7.84. The molecule has 0 radical (unpaired) electrons. The molecule has 6 heteroatoms. The highest BCUT2D eigenvalue weighted by Gasteiger charge is 2.17. The normalized spacial score (nSPS) is 18.4. The molecule has 110 valence electrons. The summed E-state index contributed by atoms with van der Waals surface area (Å²) in [7, 11) is 0. The van der Waals surface area contributed by atoms with Crippen molar-refractivity contribution in [3.05, 3.63) is 46.7 Å². The molecule has 1 atom stereocenters. The fourth-order valence-electron chi connectivity index (χ4n) is 2.48. The average molecular weight is 349 g/mol. The maximum absolute atomic E-state index is 12.2. The van der Waals surface area contributed by atoms with Crippen LogP contribution in [0.25, 0.3) is 0 Å². The van der Waals surface area contributed by atoms with Crippen LogP contribution in [0.3, 0.4) is 0 Å². The molecule has 0 spiro atoms. The van der Waals surface area contributed by atoms with Gasteiger partial charge in [0.2, 0.25) is 0 Å². The molecule has 0 saturated carbocycles. The predicted octanol–water partition coefficient (Wildman–Crippen LogP) is 2.82. The van der Waals surface area contributed by atoms with Crippen molar-refractivity contribution in [3.63, 3.8) is 0 Å². The van der Waals surface area contributed by atoms with E-state index in [0.717, 1.165) is 36.1 Å². The van der Waals surface area contributed by atoms with Gasteiger partial charge in [-0.1, -0.05) is 22.0 Å². The number of rotatable bonds is 3. The topological polar surface area (TPSA) is 59.0 Å². The fourth-order valence-corrected chi connectivity index (χ4v) is 2.88. The van der Waals surface area contributed by atoms with E-state index in [9.17, 15) is 4.79 Å². The number of carbonyl (C=O) groups excluding carboxylic acids is 1. The first kappa shape index (κ1) is 14.3. The quantitative estimate of drug-likeness (QED) is 0.896. The van der Waals surface area contributed by atoms with Crippen LogP contribution in [0.5, 0.6) is 0 Å². The minimum atomic E-state index is -0.185. The SMILES string of the molecule is O=C(Nc1cccc(Br)c1)c1ccn(C2CCCNC2)n1. The van der Waals surface area contributed by atoms with Crippen molar-refractivity contribution in [3.8, 4) is 0 Å². The lowest BCUT2D eigenvalue weighted by molar-refractivity contribution is 0.102. The summed E-state index contributed by atoms with van der Waals surface area (Å²) in [6.45, 7) is 1.97. The van der Waals surface area contributed by atoms with E-state index in [1.54, 1.807) is 6.07 Å². The lowest BCUT2D eigenvalue weighted by Gasteiger charge is -2.22. The van der Waals surface area contributed by atoms with Crippen LogP contribution in [0.4, 0.5) is 5.69 Å². The molecule has 2 aromatic rings. The van der Waals surface area contributed by atoms with Gasteiger partial charge in [0.05, 0.1) is 6.04 Å². The maximum Gasteiger partial charge on any atom is 0.276 e. The van der Waals surface area contributed by atoms with Crippen LogP contribution in [-0.2, 0) is 0 Å². The maximum atomic E-state index is 12.2. The van der Waals surface area contributed by atoms with Gasteiger partial charge in [-0.05, 0) is 43.7 Å². The van der Waals surface area contributed by atoms with Gasteiger partial charge in [0.1, 0.15) is 0 Å². The van der Waals surface area contributed by atoms with Crippen molar-refractivity contribution in [2.75, 3.05) is 18.4 Å². The summed E-state index contributed by atoms with van der Waals surface area (Å²) in [6, 6.07) is 9.62. The van der Waals surface area contributed by atoms with Crippen LogP contribution in [0, 0.1) is 0 Å². The standard InChI is InChI=1S/C15H17BrN4O/c16-11-3-1-4-12(9-11)18-15(21)14-6-8-20(19-14)13-5-2-7-17-10-13/h1,3-4,6,8-9,13,17H,2,5,7,10H2,(H,18,21). The smallest absolute Gasteiger partial charge is 0.276 e. The van der Waals surface area contributed by atoms with Crippen LogP contribution in [0.2, 0.25) is 0 Å². The predicted molar refractivity (Wildman–Crippen MR) is 85.5 cm³/mol. The Morgan fingerprint density at radius 3 is 3.10 bits per heavy atom. The van der Waals surface area contributed by atoms with E-state index in [1.807, 2.05) is 35.1 Å². The minimum Gasteiger partial charge on any atom is -0.321 e. The molecule has 1 aliphatic rings. The summed E-state index contributed by atoms with van der Waals surface area (Å²) >= 11 is 3.39. The van der Waals surface area contributed by atoms with E-state index < -0.39 is 0 Å². The molecule has 1 unspecified atom stereocenters. The van der Waals surface area contributed by atoms with E-state index in [4.69, 9.17) is 0 Å². The van der Waals surface area contributed by atoms with Crippen LogP contribution in [-0.4, -0.2) is 28.8 Å². The second-order valence-electron chi connectivity index (χ2n) is 5.15. The van der Waals surface area contributed by atoms with Crippen molar-refractivity contribution in [2.45, 2.75) is 18.9 Å². The van der Waals surface area contributed by atoms with Gasteiger partial charge in [-0.3, -0.25) is 9.48 Å². The van der Waals surface area contributed by atoms with Crippen LogP contribution >= 0.6 is 15.9 Å². The molecule has 0 bridgehead atoms. The van der Waals surface area contributed by atoms with Crippen LogP contribution < -0.4 is 10.6 Å². The molecule has 3 rings (SSSR count). The van der Waals surface area contributed by atoms with E-state index in [-0.39, 0.29) is 5.91 Å². The average Bonchev–Trinajstić information content (AvgIpc) is 2.98. The first-order chi connectivity index (χ1) is 10.2. The number of piperidine rings is 1. The zero-order valence-corrected chi connectivity index (χ0v) is 13.1. The molecule has 21 heavy (non-hydrogen) atoms. The van der Waals surface area contributed by atoms with E-state index in [1.165, 1.54) is 0 Å². The lowest BCUT2D eigenvalue weighted by atomic mass is 10.1. The number of benzene rings is 1. The number of aromatic nitrogens is 2. The Bertz CT molecular complexity index is 634. The van der Waals surface area contributed by atoms with Gasteiger partial charge in [0.15, 0.2) is 5.69 Å². The number of anilines is 1. The number of carbonyl (C=O) groups is 1. The third-order valence-electron chi connectivity index (χ3n) is 3.57. The Morgan fingerprint density at radius 2 is 2.33 bits per heavy atom. The molecule has 1 aromatic carbocycles. The van der Waals surface area contributed by atoms with Gasteiger partial charge in [0.25, 0.3) is 5.91 Å². The zero-order valence-electron chi connectivity index (χ0n) is 11.6. The molecule has 1 fully saturated rings. The molecule has 2 N–H and O–H groups in total. The highest BCUT2D eigenvalue weighted by atomic mass is 79.9. The number of hydrogen-bond acceptors (Lipinski definition) is 3. The van der Waals surface area contributed by atoms with E-state index in [2.05, 4.69) is 31.7 Å². The first-order valence-electron chi connectivity index (χ1n) is 7.05. The van der Waals surface area contributed by atoms with E-state index in [0.29, 0.717) is 11.7 Å². The number of halogens is 1. The molecular formula is C15H17BrN4O. The van der Waals surface area contributed by atoms with Gasteiger partial charge >= 0.3 is 0 Å². The highest BCUT2D eigenvalue weighted by Crippen LogP contribution is 2.18. The molecule has 1 saturated heterocycles. The Hall–Kier alpha value is -1.66. The number of hydrogen-bond donors (Lipinski definition) is 2. The zero-order chi connectivity index (χ0) is 14.7. The summed E-state index contributed by atoms with van der Waals surface area (Å²) in [5.74, 6) is -0.185. The second-order valence-corrected chi connectivity index (χ2v) is 6.06. The van der Waals surface area contributed by atoms with Crippen LogP contribution in [0.15, 0.2) is 41.0 Å². The van der Waals surface area contributed by atoms with Crippen molar-refractivity contribution in [1.29, 1.82) is 0 Å². The van der Waals surface area contributed by atoms with Crippen molar-refractivity contribution in [1.82, 2.24) is 15.1 Å². The Balaban J connectivity index is 1.69. The minimum absolute atomic E-state index is 0.185. The summed E-state index contributed by atoms with van der Waals surface area (Å²) in [5, 5.41) is 10.6. The Morgan fingerprint density at radius 1 is 1.43 bits per heavy atom. The molecule has 2 heterocycles. The summed E-state index contributed by atoms with van der Waals surface area (Å²) in [6.07, 6.45) is 4.12. The van der Waals surface area contributed by atoms with Gasteiger partial charge < -0.3 is 10.6 Å². The number of nitrogens with one attached hydrogen (secondary N) is 2. The number of nitrogens with zero attached hydrogens (tertiary/aromatic N) is 2. The third kappa shape index (κ3) is 3.51. The molecule has 0 aliphatic carbocycles. The monoisotopic (exact) mass is 348 g/mol. The van der Waals surface area contributed by atoms with Gasteiger partial charge in [-0.15, -0.1) is 0 Å². The Labute approximate surface area is 131 Å². The van der Waals surface area contributed by atoms with Crippen molar-refractivity contribution < 1.29 is 4.79 Å².